The summed E-state index contributed by atoms with van der Waals surface area (Å²) in [6.45, 7) is 0.529. The van der Waals surface area contributed by atoms with Crippen molar-refractivity contribution in [3.05, 3.63) is 64.7 Å². The van der Waals surface area contributed by atoms with E-state index >= 15 is 0 Å². The fourth-order valence-corrected chi connectivity index (χ4v) is 1.65. The van der Waals surface area contributed by atoms with E-state index in [0.717, 1.165) is 11.1 Å². The van der Waals surface area contributed by atoms with E-state index in [9.17, 15) is 0 Å². The van der Waals surface area contributed by atoms with Gasteiger partial charge in [-0.15, -0.1) is 0 Å². The number of hydrogen-bond acceptors (Lipinski definition) is 2. The standard InChI is InChI=1S/C14H13ClO2/c15-13-3-1-2-4-14(13)17-10-12-7-5-11(9-16)6-8-12/h1-8,16H,9-10H2. The molecule has 0 atom stereocenters. The van der Waals surface area contributed by atoms with E-state index < -0.39 is 0 Å². The highest BCUT2D eigenvalue weighted by Crippen LogP contribution is 2.24. The van der Waals surface area contributed by atoms with Gasteiger partial charge in [0.1, 0.15) is 12.4 Å². The molecule has 0 amide bonds. The lowest BCUT2D eigenvalue weighted by molar-refractivity contribution is 0.281. The van der Waals surface area contributed by atoms with E-state index in [1.807, 2.05) is 42.5 Å². The molecule has 3 heteroatoms. The van der Waals surface area contributed by atoms with Crippen molar-refractivity contribution in [3.8, 4) is 5.75 Å². The Morgan fingerprint density at radius 2 is 1.59 bits per heavy atom. The number of aliphatic hydroxyl groups excluding tert-OH is 1. The van der Waals surface area contributed by atoms with Crippen molar-refractivity contribution < 1.29 is 9.84 Å². The Morgan fingerprint density at radius 3 is 2.24 bits per heavy atom. The molecular weight excluding hydrogens is 236 g/mol. The molecule has 0 heterocycles. The minimum Gasteiger partial charge on any atom is -0.487 e. The van der Waals surface area contributed by atoms with Crippen LogP contribution in [0, 0.1) is 0 Å². The number of ether oxygens (including phenoxy) is 1. The molecule has 2 aromatic rings. The number of hydrogen-bond donors (Lipinski definition) is 1. The van der Waals surface area contributed by atoms with Crippen molar-refractivity contribution in [3.63, 3.8) is 0 Å². The van der Waals surface area contributed by atoms with Crippen molar-refractivity contribution in [1.82, 2.24) is 0 Å². The lowest BCUT2D eigenvalue weighted by atomic mass is 10.1. The Hall–Kier alpha value is -1.51. The quantitative estimate of drug-likeness (QED) is 0.899. The first-order valence-corrected chi connectivity index (χ1v) is 5.73. The largest absolute Gasteiger partial charge is 0.487 e. The fourth-order valence-electron chi connectivity index (χ4n) is 1.46. The summed E-state index contributed by atoms with van der Waals surface area (Å²) in [5.41, 5.74) is 1.94. The van der Waals surface area contributed by atoms with Crippen LogP contribution in [0.2, 0.25) is 5.02 Å². The van der Waals surface area contributed by atoms with E-state index in [1.165, 1.54) is 0 Å². The first-order valence-electron chi connectivity index (χ1n) is 5.35. The zero-order chi connectivity index (χ0) is 12.1. The molecule has 88 valence electrons. The fraction of sp³-hybridized carbons (Fsp3) is 0.143. The lowest BCUT2D eigenvalue weighted by Gasteiger charge is -2.08. The van der Waals surface area contributed by atoms with Crippen LogP contribution in [-0.4, -0.2) is 5.11 Å². The Bertz CT molecular complexity index is 480. The molecule has 2 nitrogen and oxygen atoms in total. The summed E-state index contributed by atoms with van der Waals surface area (Å²) in [4.78, 5) is 0. The molecule has 0 aromatic heterocycles. The summed E-state index contributed by atoms with van der Waals surface area (Å²) >= 11 is 5.98. The molecule has 0 spiro atoms. The second-order valence-electron chi connectivity index (χ2n) is 3.69. The highest BCUT2D eigenvalue weighted by molar-refractivity contribution is 6.32. The number of benzene rings is 2. The highest BCUT2D eigenvalue weighted by atomic mass is 35.5. The molecular formula is C14H13ClO2. The summed E-state index contributed by atoms with van der Waals surface area (Å²) in [7, 11) is 0. The van der Waals surface area contributed by atoms with E-state index in [2.05, 4.69) is 0 Å². The number of halogens is 1. The van der Waals surface area contributed by atoms with Crippen molar-refractivity contribution in [2.24, 2.45) is 0 Å². The Labute approximate surface area is 105 Å². The third kappa shape index (κ3) is 3.22. The molecule has 0 bridgehead atoms. The van der Waals surface area contributed by atoms with Gasteiger partial charge in [-0.2, -0.15) is 0 Å². The van der Waals surface area contributed by atoms with Gasteiger partial charge in [0.25, 0.3) is 0 Å². The molecule has 0 saturated heterocycles. The SMILES string of the molecule is OCc1ccc(COc2ccccc2Cl)cc1. The van der Waals surface area contributed by atoms with Crippen LogP contribution in [-0.2, 0) is 13.2 Å². The predicted molar refractivity (Wildman–Crippen MR) is 68.1 cm³/mol. The van der Waals surface area contributed by atoms with Crippen molar-refractivity contribution in [2.75, 3.05) is 0 Å². The van der Waals surface area contributed by atoms with Crippen LogP contribution in [0.3, 0.4) is 0 Å². The molecule has 1 N–H and O–H groups in total. The molecule has 0 unspecified atom stereocenters. The van der Waals surface area contributed by atoms with Crippen LogP contribution in [0.4, 0.5) is 0 Å². The second kappa shape index (κ2) is 5.71. The van der Waals surface area contributed by atoms with Crippen LogP contribution < -0.4 is 4.74 Å². The summed E-state index contributed by atoms with van der Waals surface area (Å²) in [6, 6.07) is 15.0. The zero-order valence-electron chi connectivity index (χ0n) is 9.27. The van der Waals surface area contributed by atoms with E-state index in [-0.39, 0.29) is 6.61 Å². The average molecular weight is 249 g/mol. The molecule has 0 aliphatic rings. The van der Waals surface area contributed by atoms with Crippen LogP contribution in [0.5, 0.6) is 5.75 Å². The van der Waals surface area contributed by atoms with Gasteiger partial charge in [-0.05, 0) is 23.3 Å². The van der Waals surface area contributed by atoms with Gasteiger partial charge in [-0.1, -0.05) is 48.0 Å². The normalized spacial score (nSPS) is 10.2. The molecule has 2 aromatic carbocycles. The van der Waals surface area contributed by atoms with Crippen LogP contribution in [0.25, 0.3) is 0 Å². The Morgan fingerprint density at radius 1 is 0.941 bits per heavy atom. The van der Waals surface area contributed by atoms with Gasteiger partial charge in [0.2, 0.25) is 0 Å². The van der Waals surface area contributed by atoms with Crippen molar-refractivity contribution in [1.29, 1.82) is 0 Å². The number of rotatable bonds is 4. The first kappa shape index (κ1) is 12.0. The topological polar surface area (TPSA) is 29.5 Å². The minimum absolute atomic E-state index is 0.0612. The molecule has 0 saturated carbocycles. The molecule has 17 heavy (non-hydrogen) atoms. The summed E-state index contributed by atoms with van der Waals surface area (Å²) in [5, 5.41) is 9.53. The lowest BCUT2D eigenvalue weighted by Crippen LogP contribution is -1.96. The number of para-hydroxylation sites is 1. The highest BCUT2D eigenvalue weighted by Gasteiger charge is 2.00. The first-order chi connectivity index (χ1) is 8.29. The van der Waals surface area contributed by atoms with Crippen molar-refractivity contribution in [2.45, 2.75) is 13.2 Å². The minimum atomic E-state index is 0.0612. The summed E-state index contributed by atoms with van der Waals surface area (Å²) < 4.78 is 5.60. The molecule has 0 aliphatic heterocycles. The van der Waals surface area contributed by atoms with Crippen molar-refractivity contribution >= 4 is 11.6 Å². The third-order valence-corrected chi connectivity index (χ3v) is 2.75. The van der Waals surface area contributed by atoms with Crippen LogP contribution in [0.1, 0.15) is 11.1 Å². The monoisotopic (exact) mass is 248 g/mol. The Balaban J connectivity index is 2.00. The predicted octanol–water partition coefficient (Wildman–Crippen LogP) is 3.41. The van der Waals surface area contributed by atoms with E-state index in [1.54, 1.807) is 6.07 Å². The zero-order valence-corrected chi connectivity index (χ0v) is 10.0. The molecule has 0 radical (unpaired) electrons. The van der Waals surface area contributed by atoms with Gasteiger partial charge in [0.05, 0.1) is 11.6 Å². The van der Waals surface area contributed by atoms with Gasteiger partial charge in [-0.3, -0.25) is 0 Å². The van der Waals surface area contributed by atoms with Gasteiger partial charge < -0.3 is 9.84 Å². The smallest absolute Gasteiger partial charge is 0.138 e. The van der Waals surface area contributed by atoms with Crippen LogP contribution in [0.15, 0.2) is 48.5 Å². The van der Waals surface area contributed by atoms with E-state index in [4.69, 9.17) is 21.4 Å². The maximum atomic E-state index is 8.92. The summed E-state index contributed by atoms with van der Waals surface area (Å²) in [6.07, 6.45) is 0. The summed E-state index contributed by atoms with van der Waals surface area (Å²) in [5.74, 6) is 0.681. The van der Waals surface area contributed by atoms with Gasteiger partial charge in [-0.25, -0.2) is 0 Å². The van der Waals surface area contributed by atoms with Crippen LogP contribution >= 0.6 is 11.6 Å². The number of aliphatic hydroxyl groups is 1. The van der Waals surface area contributed by atoms with Gasteiger partial charge in [0, 0.05) is 0 Å². The average Bonchev–Trinajstić information content (AvgIpc) is 2.38. The van der Waals surface area contributed by atoms with Gasteiger partial charge in [0.15, 0.2) is 0 Å². The van der Waals surface area contributed by atoms with E-state index in [0.29, 0.717) is 17.4 Å². The second-order valence-corrected chi connectivity index (χ2v) is 4.10. The van der Waals surface area contributed by atoms with Gasteiger partial charge >= 0.3 is 0 Å². The maximum absolute atomic E-state index is 8.92. The molecule has 0 fully saturated rings. The maximum Gasteiger partial charge on any atom is 0.138 e. The molecule has 0 aliphatic carbocycles. The molecule has 2 rings (SSSR count). The third-order valence-electron chi connectivity index (χ3n) is 2.44. The Kier molecular flexibility index (Phi) is 4.02.